The summed E-state index contributed by atoms with van der Waals surface area (Å²) in [7, 11) is 0. The van der Waals surface area contributed by atoms with Gasteiger partial charge in [-0.3, -0.25) is 4.90 Å². The van der Waals surface area contributed by atoms with Crippen LogP contribution in [0.1, 0.15) is 55.4 Å². The van der Waals surface area contributed by atoms with Gasteiger partial charge >= 0.3 is 0 Å². The number of hydrogen-bond donors (Lipinski definition) is 1. The Kier molecular flexibility index (Phi) is 6.25. The van der Waals surface area contributed by atoms with Crippen LogP contribution in [0.15, 0.2) is 79.4 Å². The summed E-state index contributed by atoms with van der Waals surface area (Å²) in [6.07, 6.45) is 6.34. The van der Waals surface area contributed by atoms with Gasteiger partial charge in [0.15, 0.2) is 0 Å². The molecule has 1 N–H and O–H groups in total. The van der Waals surface area contributed by atoms with Crippen molar-refractivity contribution in [3.8, 4) is 11.1 Å². The molecule has 0 spiro atoms. The van der Waals surface area contributed by atoms with E-state index in [4.69, 9.17) is 0 Å². The maximum Gasteiger partial charge on any atom is 0.0340 e. The van der Waals surface area contributed by atoms with Crippen molar-refractivity contribution in [2.75, 3.05) is 19.6 Å². The van der Waals surface area contributed by atoms with Gasteiger partial charge in [0, 0.05) is 24.8 Å². The number of piperidine rings is 1. The van der Waals surface area contributed by atoms with Crippen molar-refractivity contribution in [3.63, 3.8) is 0 Å². The third-order valence-electron chi connectivity index (χ3n) is 9.50. The van der Waals surface area contributed by atoms with Crippen molar-refractivity contribution in [1.82, 2.24) is 10.2 Å². The molecule has 2 bridgehead atoms. The highest BCUT2D eigenvalue weighted by molar-refractivity contribution is 5.68. The van der Waals surface area contributed by atoms with Gasteiger partial charge in [0.25, 0.3) is 0 Å². The molecule has 186 valence electrons. The first-order valence-corrected chi connectivity index (χ1v) is 14.0. The Morgan fingerprint density at radius 1 is 1.03 bits per heavy atom. The van der Waals surface area contributed by atoms with E-state index in [0.717, 1.165) is 24.6 Å². The van der Waals surface area contributed by atoms with E-state index in [9.17, 15) is 0 Å². The molecule has 1 heterocycles. The molecule has 0 radical (unpaired) electrons. The van der Waals surface area contributed by atoms with Gasteiger partial charge < -0.3 is 5.32 Å². The Labute approximate surface area is 217 Å². The largest absolute Gasteiger partial charge is 0.385 e. The Morgan fingerprint density at radius 2 is 1.81 bits per heavy atom. The third-order valence-corrected chi connectivity index (χ3v) is 9.50. The summed E-state index contributed by atoms with van der Waals surface area (Å²) in [4.78, 5) is 2.83. The molecular formula is C34H40N2. The number of hydrogen-bond acceptors (Lipinski definition) is 2. The van der Waals surface area contributed by atoms with Crippen LogP contribution in [0.5, 0.6) is 0 Å². The highest BCUT2D eigenvalue weighted by atomic mass is 15.2. The minimum absolute atomic E-state index is 0.267. The minimum atomic E-state index is 0.267. The van der Waals surface area contributed by atoms with Gasteiger partial charge in [0.1, 0.15) is 0 Å². The predicted molar refractivity (Wildman–Crippen MR) is 152 cm³/mol. The zero-order valence-electron chi connectivity index (χ0n) is 22.0. The van der Waals surface area contributed by atoms with Gasteiger partial charge in [-0.2, -0.15) is 0 Å². The summed E-state index contributed by atoms with van der Waals surface area (Å²) in [5.74, 6) is 1.67. The van der Waals surface area contributed by atoms with E-state index in [2.05, 4.69) is 103 Å². The molecule has 3 atom stereocenters. The van der Waals surface area contributed by atoms with Crippen LogP contribution in [0.25, 0.3) is 16.8 Å². The molecule has 2 aliphatic carbocycles. The van der Waals surface area contributed by atoms with Gasteiger partial charge in [0.2, 0.25) is 0 Å². The van der Waals surface area contributed by atoms with Crippen molar-refractivity contribution < 1.29 is 0 Å². The van der Waals surface area contributed by atoms with Crippen molar-refractivity contribution in [1.29, 1.82) is 0 Å². The second-order valence-corrected chi connectivity index (χ2v) is 11.7. The van der Waals surface area contributed by atoms with E-state index in [1.807, 2.05) is 0 Å². The summed E-state index contributed by atoms with van der Waals surface area (Å²) in [5, 5.41) is 3.65. The van der Waals surface area contributed by atoms with E-state index in [1.165, 1.54) is 61.0 Å². The number of likely N-dealkylation sites (tertiary alicyclic amines) is 1. The average Bonchev–Trinajstić information content (AvgIpc) is 3.73. The number of nitrogens with one attached hydrogen (secondary N) is 1. The molecular weight excluding hydrogens is 436 g/mol. The highest BCUT2D eigenvalue weighted by Gasteiger charge is 2.49. The molecule has 3 aliphatic rings. The fourth-order valence-electron chi connectivity index (χ4n) is 6.84. The number of nitrogens with zero attached hydrogens (tertiary/aromatic N) is 1. The predicted octanol–water partition coefficient (Wildman–Crippen LogP) is 7.09. The number of rotatable bonds is 8. The lowest BCUT2D eigenvalue weighted by atomic mass is 9.59. The fourth-order valence-corrected chi connectivity index (χ4v) is 6.84. The van der Waals surface area contributed by atoms with Crippen LogP contribution in [0.3, 0.4) is 0 Å². The molecule has 1 unspecified atom stereocenters. The molecule has 0 amide bonds. The first-order chi connectivity index (χ1) is 17.5. The summed E-state index contributed by atoms with van der Waals surface area (Å²) >= 11 is 0. The van der Waals surface area contributed by atoms with E-state index in [0.29, 0.717) is 12.0 Å². The number of fused-ring (bicyclic) bond motifs is 4. The van der Waals surface area contributed by atoms with E-state index in [1.54, 1.807) is 11.1 Å². The molecule has 1 saturated heterocycles. The quantitative estimate of drug-likeness (QED) is 0.373. The van der Waals surface area contributed by atoms with Gasteiger partial charge in [-0.15, -0.1) is 0 Å². The zero-order chi connectivity index (χ0) is 24.7. The molecule has 2 nitrogen and oxygen atoms in total. The van der Waals surface area contributed by atoms with E-state index >= 15 is 0 Å². The molecule has 6 rings (SSSR count). The van der Waals surface area contributed by atoms with Crippen molar-refractivity contribution >= 4 is 5.70 Å². The highest BCUT2D eigenvalue weighted by Crippen LogP contribution is 2.49. The summed E-state index contributed by atoms with van der Waals surface area (Å²) in [6, 6.07) is 27.3. The van der Waals surface area contributed by atoms with Crippen LogP contribution < -0.4 is 5.32 Å². The standard InChI is InChI=1S/C34H40N2/c1-24-33-22-30-16-15-29(21-32(30)34(24,3)18-20-36(33)23-26-13-14-26)25(2)35-19-17-28-11-7-8-12-31(28)27-9-5-4-6-10-27/h4-12,15-16,21,24,26,33,35H,2,13-14,17-20,22-23H2,1,3H3/t24-,33?,34-/m0/s1. The van der Waals surface area contributed by atoms with Crippen molar-refractivity contribution in [2.24, 2.45) is 11.8 Å². The zero-order valence-corrected chi connectivity index (χ0v) is 22.0. The normalized spacial score (nSPS) is 25.3. The maximum absolute atomic E-state index is 4.44. The lowest BCUT2D eigenvalue weighted by Gasteiger charge is -2.55. The van der Waals surface area contributed by atoms with E-state index in [-0.39, 0.29) is 5.41 Å². The molecule has 2 fully saturated rings. The first kappa shape index (κ1) is 23.6. The fraction of sp³-hybridized carbons (Fsp3) is 0.412. The van der Waals surface area contributed by atoms with Crippen LogP contribution in [-0.4, -0.2) is 30.6 Å². The summed E-state index contributed by atoms with van der Waals surface area (Å²) in [6.45, 7) is 12.9. The third kappa shape index (κ3) is 4.41. The second-order valence-electron chi connectivity index (χ2n) is 11.7. The van der Waals surface area contributed by atoms with Crippen molar-refractivity contribution in [2.45, 2.75) is 57.4 Å². The first-order valence-electron chi connectivity index (χ1n) is 14.0. The van der Waals surface area contributed by atoms with Gasteiger partial charge in [-0.25, -0.2) is 0 Å². The average molecular weight is 477 g/mol. The van der Waals surface area contributed by atoms with Crippen LogP contribution in [-0.2, 0) is 18.3 Å². The van der Waals surface area contributed by atoms with Gasteiger partial charge in [0.05, 0.1) is 0 Å². The Hall–Kier alpha value is -2.84. The van der Waals surface area contributed by atoms with E-state index < -0.39 is 0 Å². The van der Waals surface area contributed by atoms with Gasteiger partial charge in [-0.05, 0) is 95.3 Å². The lowest BCUT2D eigenvalue weighted by molar-refractivity contribution is 0.0284. The van der Waals surface area contributed by atoms with Crippen LogP contribution in [0.2, 0.25) is 0 Å². The lowest BCUT2D eigenvalue weighted by Crippen LogP contribution is -2.58. The molecule has 1 saturated carbocycles. The maximum atomic E-state index is 4.44. The minimum Gasteiger partial charge on any atom is -0.385 e. The second kappa shape index (κ2) is 9.56. The smallest absolute Gasteiger partial charge is 0.0340 e. The Morgan fingerprint density at radius 3 is 2.61 bits per heavy atom. The molecule has 2 heteroatoms. The number of benzene rings is 3. The van der Waals surface area contributed by atoms with Crippen LogP contribution >= 0.6 is 0 Å². The molecule has 3 aromatic carbocycles. The molecule has 3 aromatic rings. The van der Waals surface area contributed by atoms with Crippen LogP contribution in [0.4, 0.5) is 0 Å². The molecule has 1 aliphatic heterocycles. The van der Waals surface area contributed by atoms with Crippen LogP contribution in [0, 0.1) is 11.8 Å². The monoisotopic (exact) mass is 476 g/mol. The topological polar surface area (TPSA) is 15.3 Å². The summed E-state index contributed by atoms with van der Waals surface area (Å²) in [5.41, 5.74) is 9.68. The Bertz CT molecular complexity index is 1240. The SMILES string of the molecule is C=C(NCCc1ccccc1-c1ccccc1)c1ccc2c(c1)[C@@]1(C)CCN(CC3CC3)C(C2)[C@@H]1C. The van der Waals surface area contributed by atoms with Gasteiger partial charge in [-0.1, -0.05) is 87.2 Å². The molecule has 36 heavy (non-hydrogen) atoms. The molecule has 0 aromatic heterocycles. The van der Waals surface area contributed by atoms with Crippen molar-refractivity contribution in [3.05, 3.63) is 102 Å². The Balaban J connectivity index is 1.15. The summed E-state index contributed by atoms with van der Waals surface area (Å²) < 4.78 is 0.